The highest BCUT2D eigenvalue weighted by atomic mass is 16.1. The van der Waals surface area contributed by atoms with E-state index in [1.165, 1.54) is 0 Å². The van der Waals surface area contributed by atoms with Gasteiger partial charge in [-0.1, -0.05) is 65.0 Å². The molecule has 1 nitrogen and oxygen atoms in total. The number of carbonyl (C=O) groups excluding carboxylic acids is 1. The van der Waals surface area contributed by atoms with E-state index in [2.05, 4.69) is 33.8 Å². The van der Waals surface area contributed by atoms with Crippen LogP contribution in [0.1, 0.15) is 79.4 Å². The van der Waals surface area contributed by atoms with Crippen molar-refractivity contribution in [1.29, 1.82) is 0 Å². The van der Waals surface area contributed by atoms with E-state index >= 15 is 0 Å². The highest BCUT2D eigenvalue weighted by Crippen LogP contribution is 2.26. The molecule has 1 atom stereocenters. The highest BCUT2D eigenvalue weighted by Gasteiger charge is 2.19. The maximum Gasteiger partial charge on any atom is 0.170 e. The fourth-order valence-corrected chi connectivity index (χ4v) is 2.52. The van der Waals surface area contributed by atoms with E-state index < -0.39 is 0 Å². The molecule has 1 heteroatoms. The van der Waals surface area contributed by atoms with Crippen molar-refractivity contribution in [3.63, 3.8) is 0 Å². The van der Waals surface area contributed by atoms with Crippen molar-refractivity contribution < 1.29 is 4.79 Å². The average molecular weight is 293 g/mol. The molecular formula is C21H25O. The molecule has 0 aliphatic rings. The van der Waals surface area contributed by atoms with E-state index in [9.17, 15) is 4.79 Å². The quantitative estimate of drug-likeness (QED) is 0.644. The molecule has 0 bridgehead atoms. The van der Waals surface area contributed by atoms with Crippen LogP contribution in [-0.2, 0) is 0 Å². The number of hydrogen-bond donors (Lipinski definition) is 0. The second kappa shape index (κ2) is 6.91. The summed E-state index contributed by atoms with van der Waals surface area (Å²) >= 11 is 0. The van der Waals surface area contributed by atoms with Crippen LogP contribution in [0.25, 0.3) is 0 Å². The lowest BCUT2D eigenvalue weighted by atomic mass is 9.87. The molecular weight excluding hydrogens is 268 g/mol. The zero-order chi connectivity index (χ0) is 16.3. The summed E-state index contributed by atoms with van der Waals surface area (Å²) in [4.78, 5) is 12.9. The molecule has 0 spiro atoms. The van der Waals surface area contributed by atoms with Gasteiger partial charge in [0, 0.05) is 11.5 Å². The third-order valence-electron chi connectivity index (χ3n) is 4.13. The SMILES string of the molecule is CC(C)c1[c]c(C(C)C)cc(C(=O)C(C)c2ccccc2)c1. The number of carbonyl (C=O) groups is 1. The van der Waals surface area contributed by atoms with E-state index in [1.807, 2.05) is 49.4 Å². The summed E-state index contributed by atoms with van der Waals surface area (Å²) < 4.78 is 0. The minimum absolute atomic E-state index is 0.122. The van der Waals surface area contributed by atoms with Crippen LogP contribution in [0.15, 0.2) is 42.5 Å². The molecule has 0 fully saturated rings. The molecule has 0 N–H and O–H groups in total. The molecule has 0 aliphatic heterocycles. The Hall–Kier alpha value is -1.89. The van der Waals surface area contributed by atoms with Crippen LogP contribution in [0.5, 0.6) is 0 Å². The van der Waals surface area contributed by atoms with Crippen molar-refractivity contribution in [2.75, 3.05) is 0 Å². The van der Waals surface area contributed by atoms with Crippen molar-refractivity contribution in [2.24, 2.45) is 0 Å². The first-order valence-electron chi connectivity index (χ1n) is 8.06. The van der Waals surface area contributed by atoms with Crippen LogP contribution in [0.2, 0.25) is 0 Å². The monoisotopic (exact) mass is 293 g/mol. The lowest BCUT2D eigenvalue weighted by Gasteiger charge is -2.16. The van der Waals surface area contributed by atoms with Crippen LogP contribution in [-0.4, -0.2) is 5.78 Å². The van der Waals surface area contributed by atoms with Crippen LogP contribution in [0.4, 0.5) is 0 Å². The molecule has 0 amide bonds. The normalized spacial score (nSPS) is 12.7. The summed E-state index contributed by atoms with van der Waals surface area (Å²) in [5.74, 6) is 0.808. The Morgan fingerprint density at radius 3 is 1.82 bits per heavy atom. The van der Waals surface area contributed by atoms with Crippen molar-refractivity contribution >= 4 is 5.78 Å². The van der Waals surface area contributed by atoms with Crippen LogP contribution >= 0.6 is 0 Å². The largest absolute Gasteiger partial charge is 0.294 e. The van der Waals surface area contributed by atoms with Crippen LogP contribution in [0.3, 0.4) is 0 Å². The van der Waals surface area contributed by atoms with Gasteiger partial charge >= 0.3 is 0 Å². The first-order valence-corrected chi connectivity index (χ1v) is 8.06. The van der Waals surface area contributed by atoms with E-state index in [4.69, 9.17) is 0 Å². The van der Waals surface area contributed by atoms with E-state index in [-0.39, 0.29) is 11.7 Å². The molecule has 0 aliphatic carbocycles. The molecule has 2 aromatic carbocycles. The van der Waals surface area contributed by atoms with Gasteiger partial charge in [0.25, 0.3) is 0 Å². The standard InChI is InChI=1S/C21H25O/c1-14(2)18-11-19(15(3)4)13-20(12-18)21(22)16(5)17-9-7-6-8-10-17/h6-10,12-16H,1-5H3. The summed E-state index contributed by atoms with van der Waals surface area (Å²) in [5.41, 5.74) is 4.12. The minimum Gasteiger partial charge on any atom is -0.294 e. The van der Waals surface area contributed by atoms with Gasteiger partial charge in [-0.05, 0) is 46.7 Å². The molecule has 0 aromatic heterocycles. The Bertz CT molecular complexity index is 612. The smallest absolute Gasteiger partial charge is 0.170 e. The zero-order valence-corrected chi connectivity index (χ0v) is 14.2. The molecule has 1 unspecified atom stereocenters. The highest BCUT2D eigenvalue weighted by molar-refractivity contribution is 6.01. The Morgan fingerprint density at radius 1 is 0.864 bits per heavy atom. The summed E-state index contributed by atoms with van der Waals surface area (Å²) in [6.45, 7) is 10.6. The molecule has 0 saturated carbocycles. The molecule has 0 heterocycles. The maximum atomic E-state index is 12.9. The predicted molar refractivity (Wildman–Crippen MR) is 92.6 cm³/mol. The molecule has 22 heavy (non-hydrogen) atoms. The fourth-order valence-electron chi connectivity index (χ4n) is 2.52. The maximum absolute atomic E-state index is 12.9. The van der Waals surface area contributed by atoms with E-state index in [1.54, 1.807) is 0 Å². The zero-order valence-electron chi connectivity index (χ0n) is 14.2. The van der Waals surface area contributed by atoms with Crippen molar-refractivity contribution in [3.8, 4) is 0 Å². The third-order valence-corrected chi connectivity index (χ3v) is 4.13. The van der Waals surface area contributed by atoms with Gasteiger partial charge < -0.3 is 0 Å². The van der Waals surface area contributed by atoms with Gasteiger partial charge in [-0.2, -0.15) is 0 Å². The van der Waals surface area contributed by atoms with Gasteiger partial charge in [0.15, 0.2) is 5.78 Å². The third kappa shape index (κ3) is 3.65. The number of rotatable bonds is 5. The van der Waals surface area contributed by atoms with Crippen molar-refractivity contribution in [3.05, 3.63) is 70.8 Å². The summed E-state index contributed by atoms with van der Waals surface area (Å²) in [6.07, 6.45) is 0. The predicted octanol–water partition coefficient (Wildman–Crippen LogP) is 5.72. The minimum atomic E-state index is -0.122. The van der Waals surface area contributed by atoms with Gasteiger partial charge in [-0.25, -0.2) is 0 Å². The van der Waals surface area contributed by atoms with Gasteiger partial charge in [-0.15, -0.1) is 0 Å². The lowest BCUT2D eigenvalue weighted by molar-refractivity contribution is 0.0966. The molecule has 2 aromatic rings. The second-order valence-corrected chi connectivity index (χ2v) is 6.59. The lowest BCUT2D eigenvalue weighted by Crippen LogP contribution is -2.11. The first kappa shape index (κ1) is 16.5. The summed E-state index contributed by atoms with van der Waals surface area (Å²) in [7, 11) is 0. The fraction of sp³-hybridized carbons (Fsp3) is 0.381. The second-order valence-electron chi connectivity index (χ2n) is 6.59. The van der Waals surface area contributed by atoms with E-state index in [0.29, 0.717) is 11.8 Å². The number of benzene rings is 2. The van der Waals surface area contributed by atoms with Gasteiger partial charge in [0.1, 0.15) is 0 Å². The van der Waals surface area contributed by atoms with Gasteiger partial charge in [0.2, 0.25) is 0 Å². The Balaban J connectivity index is 2.40. The average Bonchev–Trinajstić information content (AvgIpc) is 2.53. The number of ketones is 1. The van der Waals surface area contributed by atoms with Crippen LogP contribution in [0, 0.1) is 6.07 Å². The van der Waals surface area contributed by atoms with Crippen molar-refractivity contribution in [2.45, 2.75) is 52.4 Å². The van der Waals surface area contributed by atoms with Crippen molar-refractivity contribution in [1.82, 2.24) is 0 Å². The Morgan fingerprint density at radius 2 is 1.36 bits per heavy atom. The molecule has 115 valence electrons. The first-order chi connectivity index (χ1) is 10.4. The number of Topliss-reactive ketones (excluding diaryl/α,β-unsaturated/α-hetero) is 1. The Kier molecular flexibility index (Phi) is 5.18. The molecule has 1 radical (unpaired) electrons. The molecule has 0 saturated heterocycles. The van der Waals surface area contributed by atoms with Gasteiger partial charge in [-0.3, -0.25) is 4.79 Å². The van der Waals surface area contributed by atoms with Crippen LogP contribution < -0.4 is 0 Å². The topological polar surface area (TPSA) is 17.1 Å². The number of hydrogen-bond acceptors (Lipinski definition) is 1. The van der Waals surface area contributed by atoms with E-state index in [0.717, 1.165) is 22.3 Å². The summed E-state index contributed by atoms with van der Waals surface area (Å²) in [5, 5.41) is 0. The summed E-state index contributed by atoms with van der Waals surface area (Å²) in [6, 6.07) is 17.5. The van der Waals surface area contributed by atoms with Gasteiger partial charge in [0.05, 0.1) is 0 Å². The Labute approximate surface area is 134 Å². The molecule has 2 rings (SSSR count).